The fourth-order valence-electron chi connectivity index (χ4n) is 2.18. The number of anilines is 1. The molecule has 2 rings (SSSR count). The highest BCUT2D eigenvalue weighted by Gasteiger charge is 2.18. The lowest BCUT2D eigenvalue weighted by atomic mass is 9.86. The number of carbonyl (C=O) groups excluding carboxylic acids is 1. The maximum atomic E-state index is 12.4. The highest BCUT2D eigenvalue weighted by atomic mass is 79.9. The fraction of sp³-hybridized carbons (Fsp3) is 0.222. The molecule has 0 aromatic heterocycles. The van der Waals surface area contributed by atoms with Crippen LogP contribution in [0, 0.1) is 0 Å². The first-order chi connectivity index (χ1) is 11.6. The molecule has 2 aromatic carbocycles. The molecule has 0 aliphatic carbocycles. The lowest BCUT2D eigenvalue weighted by molar-refractivity contribution is 0.0977. The standard InChI is InChI=1S/C18H17BrCl2N2OS/c1-18(2,3)12-6-4-10(8-13(12)19)16(24)23-17(25)22-11-5-7-14(20)15(21)9-11/h4-9H,1-3H3,(H2,22,23,24,25). The van der Waals surface area contributed by atoms with E-state index in [1.165, 1.54) is 0 Å². The van der Waals surface area contributed by atoms with Gasteiger partial charge in [0.25, 0.3) is 5.91 Å². The number of hydrogen-bond donors (Lipinski definition) is 2. The van der Waals surface area contributed by atoms with E-state index in [1.807, 2.05) is 6.07 Å². The van der Waals surface area contributed by atoms with Crippen molar-refractivity contribution in [1.82, 2.24) is 5.32 Å². The predicted molar refractivity (Wildman–Crippen MR) is 113 cm³/mol. The molecular formula is C18H17BrCl2N2OS. The largest absolute Gasteiger partial charge is 0.332 e. The van der Waals surface area contributed by atoms with Gasteiger partial charge >= 0.3 is 0 Å². The minimum absolute atomic E-state index is 0.0153. The van der Waals surface area contributed by atoms with E-state index in [9.17, 15) is 4.79 Å². The number of benzene rings is 2. The quantitative estimate of drug-likeness (QED) is 0.526. The second kappa shape index (κ2) is 8.04. The van der Waals surface area contributed by atoms with E-state index in [0.29, 0.717) is 21.3 Å². The van der Waals surface area contributed by atoms with Gasteiger partial charge in [0, 0.05) is 15.7 Å². The summed E-state index contributed by atoms with van der Waals surface area (Å²) < 4.78 is 0.885. The Morgan fingerprint density at radius 1 is 1.08 bits per heavy atom. The van der Waals surface area contributed by atoms with Crippen molar-refractivity contribution >= 4 is 68.1 Å². The van der Waals surface area contributed by atoms with Gasteiger partial charge in [-0.05, 0) is 53.5 Å². The van der Waals surface area contributed by atoms with Gasteiger partial charge in [0.05, 0.1) is 10.0 Å². The van der Waals surface area contributed by atoms with Gasteiger partial charge in [0.2, 0.25) is 0 Å². The lowest BCUT2D eigenvalue weighted by Gasteiger charge is -2.21. The lowest BCUT2D eigenvalue weighted by Crippen LogP contribution is -2.34. The summed E-state index contributed by atoms with van der Waals surface area (Å²) in [4.78, 5) is 12.4. The summed E-state index contributed by atoms with van der Waals surface area (Å²) in [6.45, 7) is 6.34. The summed E-state index contributed by atoms with van der Waals surface area (Å²) in [6.07, 6.45) is 0. The van der Waals surface area contributed by atoms with Crippen molar-refractivity contribution in [3.05, 3.63) is 62.0 Å². The number of carbonyl (C=O) groups is 1. The van der Waals surface area contributed by atoms with Crippen LogP contribution in [0.4, 0.5) is 5.69 Å². The molecule has 0 heterocycles. The summed E-state index contributed by atoms with van der Waals surface area (Å²) in [5.41, 5.74) is 2.26. The number of thiocarbonyl (C=S) groups is 1. The van der Waals surface area contributed by atoms with Crippen molar-refractivity contribution in [2.24, 2.45) is 0 Å². The average Bonchev–Trinajstić information content (AvgIpc) is 2.49. The van der Waals surface area contributed by atoms with E-state index in [0.717, 1.165) is 10.0 Å². The minimum Gasteiger partial charge on any atom is -0.332 e. The Hall–Kier alpha value is -1.14. The second-order valence-corrected chi connectivity index (χ2v) is 8.56. The molecule has 3 nitrogen and oxygen atoms in total. The molecule has 0 unspecified atom stereocenters. The Morgan fingerprint density at radius 2 is 1.76 bits per heavy atom. The normalized spacial score (nSPS) is 11.1. The first kappa shape index (κ1) is 20.2. The van der Waals surface area contributed by atoms with E-state index < -0.39 is 0 Å². The average molecular weight is 460 g/mol. The highest BCUT2D eigenvalue weighted by Crippen LogP contribution is 2.30. The summed E-state index contributed by atoms with van der Waals surface area (Å²) >= 11 is 20.5. The van der Waals surface area contributed by atoms with Crippen LogP contribution in [0.25, 0.3) is 0 Å². The summed E-state index contributed by atoms with van der Waals surface area (Å²) in [5, 5.41) is 6.59. The Morgan fingerprint density at radius 3 is 2.32 bits per heavy atom. The van der Waals surface area contributed by atoms with Crippen LogP contribution in [-0.2, 0) is 5.41 Å². The van der Waals surface area contributed by atoms with Gasteiger partial charge in [0.1, 0.15) is 0 Å². The van der Waals surface area contributed by atoms with Gasteiger partial charge in [0.15, 0.2) is 5.11 Å². The Kier molecular flexibility index (Phi) is 6.49. The molecule has 0 bridgehead atoms. The van der Waals surface area contributed by atoms with Crippen molar-refractivity contribution in [3.8, 4) is 0 Å². The molecule has 2 N–H and O–H groups in total. The molecule has 0 saturated carbocycles. The molecule has 0 atom stereocenters. The Labute approximate surface area is 171 Å². The van der Waals surface area contributed by atoms with Gasteiger partial charge in [-0.3, -0.25) is 10.1 Å². The molecule has 1 amide bonds. The van der Waals surface area contributed by atoms with Crippen LogP contribution in [0.5, 0.6) is 0 Å². The smallest absolute Gasteiger partial charge is 0.257 e. The van der Waals surface area contributed by atoms with Gasteiger partial charge < -0.3 is 5.32 Å². The molecular weight excluding hydrogens is 443 g/mol. The topological polar surface area (TPSA) is 41.1 Å². The number of halogens is 3. The number of amides is 1. The first-order valence-corrected chi connectivity index (χ1v) is 9.41. The zero-order chi connectivity index (χ0) is 18.8. The third-order valence-electron chi connectivity index (χ3n) is 3.44. The third-order valence-corrected chi connectivity index (χ3v) is 5.04. The SMILES string of the molecule is CC(C)(C)c1ccc(C(=O)NC(=S)Nc2ccc(Cl)c(Cl)c2)cc1Br. The Balaban J connectivity index is 2.07. The van der Waals surface area contributed by atoms with Crippen molar-refractivity contribution in [3.63, 3.8) is 0 Å². The van der Waals surface area contributed by atoms with Crippen LogP contribution in [0.1, 0.15) is 36.7 Å². The molecule has 0 fully saturated rings. The highest BCUT2D eigenvalue weighted by molar-refractivity contribution is 9.10. The van der Waals surface area contributed by atoms with E-state index in [1.54, 1.807) is 30.3 Å². The van der Waals surface area contributed by atoms with Crippen molar-refractivity contribution in [2.75, 3.05) is 5.32 Å². The molecule has 0 spiro atoms. The van der Waals surface area contributed by atoms with Gasteiger partial charge in [-0.15, -0.1) is 0 Å². The van der Waals surface area contributed by atoms with Crippen LogP contribution < -0.4 is 10.6 Å². The maximum absolute atomic E-state index is 12.4. The van der Waals surface area contributed by atoms with E-state index in [-0.39, 0.29) is 16.4 Å². The zero-order valence-electron chi connectivity index (χ0n) is 13.9. The summed E-state index contributed by atoms with van der Waals surface area (Å²) in [6, 6.07) is 10.5. The summed E-state index contributed by atoms with van der Waals surface area (Å²) in [7, 11) is 0. The molecule has 0 aliphatic heterocycles. The Bertz CT molecular complexity index is 834. The van der Waals surface area contributed by atoms with Crippen LogP contribution in [-0.4, -0.2) is 11.0 Å². The maximum Gasteiger partial charge on any atom is 0.257 e. The van der Waals surface area contributed by atoms with Gasteiger partial charge in [-0.1, -0.05) is 66.0 Å². The van der Waals surface area contributed by atoms with E-state index >= 15 is 0 Å². The third kappa shape index (κ3) is 5.42. The zero-order valence-corrected chi connectivity index (χ0v) is 17.8. The van der Waals surface area contributed by atoms with Crippen LogP contribution in [0.15, 0.2) is 40.9 Å². The molecule has 7 heteroatoms. The molecule has 25 heavy (non-hydrogen) atoms. The van der Waals surface area contributed by atoms with Crippen molar-refractivity contribution < 1.29 is 4.79 Å². The second-order valence-electron chi connectivity index (χ2n) is 6.48. The fourth-order valence-corrected chi connectivity index (χ4v) is 3.66. The van der Waals surface area contributed by atoms with Crippen molar-refractivity contribution in [2.45, 2.75) is 26.2 Å². The van der Waals surface area contributed by atoms with Gasteiger partial charge in [-0.25, -0.2) is 0 Å². The monoisotopic (exact) mass is 458 g/mol. The predicted octanol–water partition coefficient (Wildman–Crippen LogP) is 6.18. The number of rotatable bonds is 2. The van der Waals surface area contributed by atoms with Crippen LogP contribution in [0.2, 0.25) is 10.0 Å². The molecule has 0 aliphatic rings. The molecule has 132 valence electrons. The van der Waals surface area contributed by atoms with E-state index in [4.69, 9.17) is 35.4 Å². The van der Waals surface area contributed by atoms with Gasteiger partial charge in [-0.2, -0.15) is 0 Å². The summed E-state index contributed by atoms with van der Waals surface area (Å²) in [5.74, 6) is -0.293. The number of nitrogens with one attached hydrogen (secondary N) is 2. The number of hydrogen-bond acceptors (Lipinski definition) is 2. The van der Waals surface area contributed by atoms with Crippen LogP contribution >= 0.6 is 51.3 Å². The van der Waals surface area contributed by atoms with E-state index in [2.05, 4.69) is 47.3 Å². The molecule has 0 radical (unpaired) electrons. The first-order valence-electron chi connectivity index (χ1n) is 7.45. The van der Waals surface area contributed by atoms with Crippen molar-refractivity contribution in [1.29, 1.82) is 0 Å². The van der Waals surface area contributed by atoms with Crippen LogP contribution in [0.3, 0.4) is 0 Å². The molecule has 2 aromatic rings. The minimum atomic E-state index is -0.293. The molecule has 0 saturated heterocycles.